The minimum absolute atomic E-state index is 0.147. The lowest BCUT2D eigenvalue weighted by atomic mass is 10.00. The Balaban J connectivity index is 1.35. The number of nitrogens with one attached hydrogen (secondary N) is 1. The van der Waals surface area contributed by atoms with E-state index in [0.717, 1.165) is 32.0 Å². The number of aromatic nitrogens is 2. The van der Waals surface area contributed by atoms with Crippen LogP contribution in [0.4, 0.5) is 23.8 Å². The number of alkyl halides is 3. The second kappa shape index (κ2) is 9.76. The summed E-state index contributed by atoms with van der Waals surface area (Å²) in [5.74, 6) is 0.0743. The monoisotopic (exact) mass is 507 g/mol. The molecule has 196 valence electrons. The van der Waals surface area contributed by atoms with Crippen LogP contribution >= 0.6 is 0 Å². The Morgan fingerprint density at radius 1 is 1.14 bits per heavy atom. The second-order valence-electron chi connectivity index (χ2n) is 10.5. The summed E-state index contributed by atoms with van der Waals surface area (Å²) in [6.45, 7) is 10.4. The molecule has 0 saturated carbocycles. The first-order chi connectivity index (χ1) is 16.8. The minimum Gasteiger partial charge on any atom is -0.507 e. The van der Waals surface area contributed by atoms with E-state index in [0.29, 0.717) is 42.3 Å². The lowest BCUT2D eigenvalue weighted by Crippen LogP contribution is -2.63. The van der Waals surface area contributed by atoms with Gasteiger partial charge in [0.2, 0.25) is 0 Å². The molecule has 0 unspecified atom stereocenters. The van der Waals surface area contributed by atoms with Crippen LogP contribution < -0.4 is 5.32 Å². The van der Waals surface area contributed by atoms with Crippen LogP contribution in [0.2, 0.25) is 0 Å². The van der Waals surface area contributed by atoms with Crippen LogP contribution in [-0.4, -0.2) is 75.1 Å². The Labute approximate surface area is 208 Å². The fourth-order valence-corrected chi connectivity index (χ4v) is 4.56. The molecule has 1 aromatic carbocycles. The van der Waals surface area contributed by atoms with Gasteiger partial charge in [0.15, 0.2) is 0 Å². The molecule has 2 aliphatic rings. The number of aromatic hydroxyl groups is 1. The van der Waals surface area contributed by atoms with Crippen molar-refractivity contribution < 1.29 is 27.8 Å². The molecule has 1 atom stereocenters. The van der Waals surface area contributed by atoms with Crippen molar-refractivity contribution in [1.82, 2.24) is 20.0 Å². The van der Waals surface area contributed by atoms with E-state index in [4.69, 9.17) is 4.74 Å². The van der Waals surface area contributed by atoms with Crippen molar-refractivity contribution in [2.75, 3.05) is 31.5 Å². The van der Waals surface area contributed by atoms with Gasteiger partial charge in [-0.3, -0.25) is 4.90 Å². The lowest BCUT2D eigenvalue weighted by Gasteiger charge is -2.47. The van der Waals surface area contributed by atoms with Crippen molar-refractivity contribution in [1.29, 1.82) is 0 Å². The fraction of sp³-hybridized carbons (Fsp3) is 0.560. The summed E-state index contributed by atoms with van der Waals surface area (Å²) in [4.78, 5) is 16.3. The molecule has 0 bridgehead atoms. The van der Waals surface area contributed by atoms with E-state index >= 15 is 0 Å². The molecule has 2 saturated heterocycles. The molecular weight excluding hydrogens is 475 g/mol. The van der Waals surface area contributed by atoms with Crippen molar-refractivity contribution in [3.8, 4) is 17.0 Å². The minimum atomic E-state index is -4.54. The summed E-state index contributed by atoms with van der Waals surface area (Å²) in [6.07, 6.45) is -2.85. The summed E-state index contributed by atoms with van der Waals surface area (Å²) in [6, 6.07) is 5.05. The molecule has 2 fully saturated rings. The number of aryl methyl sites for hydroxylation is 1. The van der Waals surface area contributed by atoms with E-state index in [2.05, 4.69) is 20.4 Å². The van der Waals surface area contributed by atoms with Gasteiger partial charge >= 0.3 is 12.3 Å². The smallest absolute Gasteiger partial charge is 0.416 e. The maximum Gasteiger partial charge on any atom is 0.416 e. The summed E-state index contributed by atoms with van der Waals surface area (Å²) >= 11 is 0. The quantitative estimate of drug-likeness (QED) is 0.621. The molecule has 4 rings (SSSR count). The topological polar surface area (TPSA) is 90.8 Å². The Morgan fingerprint density at radius 2 is 1.86 bits per heavy atom. The highest BCUT2D eigenvalue weighted by Crippen LogP contribution is 2.37. The molecule has 8 nitrogen and oxygen atoms in total. The highest BCUT2D eigenvalue weighted by atomic mass is 19.4. The van der Waals surface area contributed by atoms with Gasteiger partial charge in [-0.15, -0.1) is 10.2 Å². The Bertz CT molecular complexity index is 1110. The zero-order valence-electron chi connectivity index (χ0n) is 20.9. The first-order valence-corrected chi connectivity index (χ1v) is 12.0. The molecule has 0 aliphatic carbocycles. The fourth-order valence-electron chi connectivity index (χ4n) is 4.56. The molecule has 2 aliphatic heterocycles. The van der Waals surface area contributed by atoms with Crippen LogP contribution in [0.3, 0.4) is 0 Å². The molecule has 0 spiro atoms. The SMILES string of the molecule is Cc1cc(N[C@@H]2CCCN(C3CN(C(=O)OC(C)(C)C)C3)C2)nnc1-c1ccc(C(F)(F)F)cc1O. The van der Waals surface area contributed by atoms with E-state index < -0.39 is 23.1 Å². The van der Waals surface area contributed by atoms with Gasteiger partial charge in [-0.2, -0.15) is 13.2 Å². The number of phenolic OH excluding ortho intramolecular Hbond substituents is 1. The Hall–Kier alpha value is -3.08. The summed E-state index contributed by atoms with van der Waals surface area (Å²) in [5, 5.41) is 22.0. The predicted octanol–water partition coefficient (Wildman–Crippen LogP) is 4.67. The number of amides is 1. The molecule has 1 aromatic heterocycles. The predicted molar refractivity (Wildman–Crippen MR) is 129 cm³/mol. The van der Waals surface area contributed by atoms with Crippen LogP contribution in [0.25, 0.3) is 11.3 Å². The van der Waals surface area contributed by atoms with Crippen LogP contribution in [0, 0.1) is 6.92 Å². The van der Waals surface area contributed by atoms with Crippen LogP contribution in [0.15, 0.2) is 24.3 Å². The molecule has 1 amide bonds. The highest BCUT2D eigenvalue weighted by Gasteiger charge is 2.38. The number of anilines is 1. The van der Waals surface area contributed by atoms with Crippen LogP contribution in [0.5, 0.6) is 5.75 Å². The third kappa shape index (κ3) is 6.00. The molecule has 2 N–H and O–H groups in total. The van der Waals surface area contributed by atoms with Crippen molar-refractivity contribution >= 4 is 11.9 Å². The van der Waals surface area contributed by atoms with E-state index in [-0.39, 0.29) is 17.7 Å². The van der Waals surface area contributed by atoms with E-state index in [9.17, 15) is 23.1 Å². The van der Waals surface area contributed by atoms with Gasteiger partial charge in [0.25, 0.3) is 0 Å². The Morgan fingerprint density at radius 3 is 2.47 bits per heavy atom. The number of phenols is 1. The number of rotatable bonds is 4. The maximum absolute atomic E-state index is 12.9. The second-order valence-corrected chi connectivity index (χ2v) is 10.5. The number of hydrogen-bond donors (Lipinski definition) is 2. The largest absolute Gasteiger partial charge is 0.507 e. The molecule has 36 heavy (non-hydrogen) atoms. The lowest BCUT2D eigenvalue weighted by molar-refractivity contribution is -0.137. The first kappa shape index (κ1) is 26.0. The molecular formula is C25H32F3N5O3. The molecule has 2 aromatic rings. The van der Waals surface area contributed by atoms with Crippen molar-refractivity contribution in [3.05, 3.63) is 35.4 Å². The normalized spacial score (nSPS) is 19.6. The van der Waals surface area contributed by atoms with E-state index in [1.54, 1.807) is 17.9 Å². The number of halogens is 3. The summed E-state index contributed by atoms with van der Waals surface area (Å²) < 4.78 is 44.1. The third-order valence-electron chi connectivity index (χ3n) is 6.40. The molecule has 11 heteroatoms. The van der Waals surface area contributed by atoms with Crippen molar-refractivity contribution in [2.45, 2.75) is 64.4 Å². The van der Waals surface area contributed by atoms with Gasteiger partial charge in [0.05, 0.1) is 11.3 Å². The maximum atomic E-state index is 12.9. The average molecular weight is 508 g/mol. The number of hydrogen-bond acceptors (Lipinski definition) is 7. The van der Waals surface area contributed by atoms with Gasteiger partial charge in [0, 0.05) is 37.3 Å². The van der Waals surface area contributed by atoms with Crippen LogP contribution in [0.1, 0.15) is 44.7 Å². The first-order valence-electron chi connectivity index (χ1n) is 12.0. The van der Waals surface area contributed by atoms with Gasteiger partial charge in [-0.25, -0.2) is 4.79 Å². The van der Waals surface area contributed by atoms with Crippen LogP contribution in [-0.2, 0) is 10.9 Å². The summed E-state index contributed by atoms with van der Waals surface area (Å²) in [5.41, 5.74) is -0.225. The van der Waals surface area contributed by atoms with Gasteiger partial charge in [-0.1, -0.05) is 0 Å². The summed E-state index contributed by atoms with van der Waals surface area (Å²) in [7, 11) is 0. The Kier molecular flexibility index (Phi) is 7.05. The standard InChI is InChI=1S/C25H32F3N5O3/c1-15-10-21(30-31-22(15)19-8-7-16(11-20(19)34)25(26,27)28)29-17-6-5-9-32(12-17)18-13-33(14-18)23(35)36-24(2,3)4/h7-8,10-11,17-18,34H,5-6,9,12-14H2,1-4H3,(H,29,30)/t17-/m1/s1. The highest BCUT2D eigenvalue weighted by molar-refractivity contribution is 5.71. The van der Waals surface area contributed by atoms with E-state index in [1.165, 1.54) is 6.07 Å². The van der Waals surface area contributed by atoms with Crippen molar-refractivity contribution in [2.24, 2.45) is 0 Å². The number of carbonyl (C=O) groups is 1. The number of nitrogens with zero attached hydrogens (tertiary/aromatic N) is 4. The zero-order valence-corrected chi connectivity index (χ0v) is 20.9. The number of carbonyl (C=O) groups excluding carboxylic acids is 1. The number of benzene rings is 1. The average Bonchev–Trinajstić information content (AvgIpc) is 2.71. The van der Waals surface area contributed by atoms with Gasteiger partial charge in [0.1, 0.15) is 17.2 Å². The van der Waals surface area contributed by atoms with Gasteiger partial charge < -0.3 is 20.1 Å². The van der Waals surface area contributed by atoms with Gasteiger partial charge in [-0.05, 0) is 76.9 Å². The molecule has 0 radical (unpaired) electrons. The van der Waals surface area contributed by atoms with E-state index in [1.807, 2.05) is 20.8 Å². The zero-order chi connectivity index (χ0) is 26.3. The molecule has 3 heterocycles. The number of piperidine rings is 1. The number of likely N-dealkylation sites (tertiary alicyclic amines) is 2. The van der Waals surface area contributed by atoms with Crippen molar-refractivity contribution in [3.63, 3.8) is 0 Å². The third-order valence-corrected chi connectivity index (χ3v) is 6.40. The number of ether oxygens (including phenoxy) is 1.